The zero-order valence-electron chi connectivity index (χ0n) is 11.9. The summed E-state index contributed by atoms with van der Waals surface area (Å²) in [4.78, 5) is 0. The third-order valence-electron chi connectivity index (χ3n) is 2.98. The van der Waals surface area contributed by atoms with E-state index < -0.39 is 0 Å². The first kappa shape index (κ1) is 15.7. The quantitative estimate of drug-likeness (QED) is 0.915. The molecule has 0 atom stereocenters. The summed E-state index contributed by atoms with van der Waals surface area (Å²) < 4.78 is 3.90. The van der Waals surface area contributed by atoms with Crippen LogP contribution in [0, 0.1) is 6.92 Å². The topological polar surface area (TPSA) is 47.7 Å². The molecule has 2 heterocycles. The molecule has 2 aromatic rings. The SMILES string of the molecule is Cc1nn(C)cc1CNCc1ccnn1C(C)C.Cl. The largest absolute Gasteiger partial charge is 0.307 e. The molecule has 0 saturated carbocycles. The van der Waals surface area contributed by atoms with Crippen molar-refractivity contribution in [3.05, 3.63) is 35.4 Å². The Kier molecular flexibility index (Phi) is 5.57. The molecule has 0 aliphatic rings. The molecule has 0 amide bonds. The average molecular weight is 284 g/mol. The molecule has 19 heavy (non-hydrogen) atoms. The summed E-state index contributed by atoms with van der Waals surface area (Å²) in [7, 11) is 1.95. The van der Waals surface area contributed by atoms with Crippen molar-refractivity contribution in [1.29, 1.82) is 0 Å². The summed E-state index contributed by atoms with van der Waals surface area (Å²) in [5, 5.41) is 12.1. The maximum Gasteiger partial charge on any atom is 0.0638 e. The summed E-state index contributed by atoms with van der Waals surface area (Å²) in [6, 6.07) is 2.46. The Bertz CT molecular complexity index is 515. The van der Waals surface area contributed by atoms with Crippen LogP contribution in [0.25, 0.3) is 0 Å². The van der Waals surface area contributed by atoms with Crippen molar-refractivity contribution >= 4 is 12.4 Å². The molecule has 0 aliphatic carbocycles. The molecule has 0 bridgehead atoms. The van der Waals surface area contributed by atoms with Gasteiger partial charge in [-0.25, -0.2) is 0 Å². The Morgan fingerprint density at radius 3 is 2.63 bits per heavy atom. The second kappa shape index (κ2) is 6.73. The van der Waals surface area contributed by atoms with E-state index in [-0.39, 0.29) is 12.4 Å². The van der Waals surface area contributed by atoms with Crippen LogP contribution in [-0.2, 0) is 20.1 Å². The van der Waals surface area contributed by atoms with Gasteiger partial charge in [0.05, 0.1) is 11.4 Å². The van der Waals surface area contributed by atoms with E-state index in [0.29, 0.717) is 6.04 Å². The van der Waals surface area contributed by atoms with Crippen LogP contribution < -0.4 is 5.32 Å². The molecule has 0 radical (unpaired) electrons. The monoisotopic (exact) mass is 283 g/mol. The van der Waals surface area contributed by atoms with Gasteiger partial charge in [-0.15, -0.1) is 12.4 Å². The van der Waals surface area contributed by atoms with E-state index in [1.54, 1.807) is 0 Å². The van der Waals surface area contributed by atoms with Gasteiger partial charge in [0.15, 0.2) is 0 Å². The molecule has 0 spiro atoms. The van der Waals surface area contributed by atoms with E-state index in [1.165, 1.54) is 11.3 Å². The van der Waals surface area contributed by atoms with Gasteiger partial charge in [-0.2, -0.15) is 10.2 Å². The van der Waals surface area contributed by atoms with E-state index in [4.69, 9.17) is 0 Å². The van der Waals surface area contributed by atoms with E-state index in [2.05, 4.69) is 41.6 Å². The fourth-order valence-corrected chi connectivity index (χ4v) is 2.09. The minimum absolute atomic E-state index is 0. The predicted molar refractivity (Wildman–Crippen MR) is 78.3 cm³/mol. The third-order valence-corrected chi connectivity index (χ3v) is 2.98. The van der Waals surface area contributed by atoms with Crippen molar-refractivity contribution in [2.45, 2.75) is 39.9 Å². The third kappa shape index (κ3) is 3.81. The fourth-order valence-electron chi connectivity index (χ4n) is 2.09. The minimum Gasteiger partial charge on any atom is -0.307 e. The molecule has 6 heteroatoms. The highest BCUT2D eigenvalue weighted by Crippen LogP contribution is 2.08. The minimum atomic E-state index is 0. The number of rotatable bonds is 5. The lowest BCUT2D eigenvalue weighted by Crippen LogP contribution is -2.17. The summed E-state index contributed by atoms with van der Waals surface area (Å²) in [5.74, 6) is 0. The van der Waals surface area contributed by atoms with E-state index >= 15 is 0 Å². The molecule has 1 N–H and O–H groups in total. The number of nitrogens with zero attached hydrogens (tertiary/aromatic N) is 4. The summed E-state index contributed by atoms with van der Waals surface area (Å²) >= 11 is 0. The van der Waals surface area contributed by atoms with Gasteiger partial charge in [0.1, 0.15) is 0 Å². The summed E-state index contributed by atoms with van der Waals surface area (Å²) in [6.07, 6.45) is 3.91. The van der Waals surface area contributed by atoms with Gasteiger partial charge in [0, 0.05) is 44.1 Å². The number of hydrogen-bond acceptors (Lipinski definition) is 3. The van der Waals surface area contributed by atoms with Crippen LogP contribution in [0.5, 0.6) is 0 Å². The van der Waals surface area contributed by atoms with Crippen molar-refractivity contribution in [2.24, 2.45) is 7.05 Å². The molecule has 0 fully saturated rings. The molecule has 5 nitrogen and oxygen atoms in total. The number of hydrogen-bond donors (Lipinski definition) is 1. The van der Waals surface area contributed by atoms with Crippen LogP contribution in [0.4, 0.5) is 0 Å². The molecular formula is C13H22ClN5. The lowest BCUT2D eigenvalue weighted by molar-refractivity contribution is 0.495. The van der Waals surface area contributed by atoms with Gasteiger partial charge in [-0.1, -0.05) is 0 Å². The number of aryl methyl sites for hydroxylation is 2. The van der Waals surface area contributed by atoms with Crippen molar-refractivity contribution in [3.63, 3.8) is 0 Å². The highest BCUT2D eigenvalue weighted by molar-refractivity contribution is 5.85. The normalized spacial score (nSPS) is 10.8. The molecule has 0 unspecified atom stereocenters. The highest BCUT2D eigenvalue weighted by Gasteiger charge is 2.06. The van der Waals surface area contributed by atoms with Gasteiger partial charge >= 0.3 is 0 Å². The molecule has 2 rings (SSSR count). The van der Waals surface area contributed by atoms with Gasteiger partial charge in [-0.05, 0) is 26.8 Å². The lowest BCUT2D eigenvalue weighted by Gasteiger charge is -2.11. The Balaban J connectivity index is 0.00000180. The molecule has 2 aromatic heterocycles. The van der Waals surface area contributed by atoms with Gasteiger partial charge in [0.2, 0.25) is 0 Å². The fraction of sp³-hybridized carbons (Fsp3) is 0.538. The molecular weight excluding hydrogens is 262 g/mol. The van der Waals surface area contributed by atoms with Crippen molar-refractivity contribution in [2.75, 3.05) is 0 Å². The molecule has 0 aromatic carbocycles. The van der Waals surface area contributed by atoms with Crippen molar-refractivity contribution in [1.82, 2.24) is 24.9 Å². The number of nitrogens with one attached hydrogen (secondary N) is 1. The Morgan fingerprint density at radius 2 is 2.05 bits per heavy atom. The first-order chi connectivity index (χ1) is 8.58. The second-order valence-corrected chi connectivity index (χ2v) is 4.88. The average Bonchev–Trinajstić information content (AvgIpc) is 2.86. The van der Waals surface area contributed by atoms with Crippen LogP contribution in [-0.4, -0.2) is 19.6 Å². The molecule has 0 aliphatic heterocycles. The summed E-state index contributed by atoms with van der Waals surface area (Å²) in [6.45, 7) is 7.98. The molecule has 0 saturated heterocycles. The zero-order valence-corrected chi connectivity index (χ0v) is 12.7. The first-order valence-electron chi connectivity index (χ1n) is 6.30. The number of halogens is 1. The van der Waals surface area contributed by atoms with Crippen molar-refractivity contribution < 1.29 is 0 Å². The van der Waals surface area contributed by atoms with E-state index in [1.807, 2.05) is 29.5 Å². The van der Waals surface area contributed by atoms with Crippen LogP contribution in [0.2, 0.25) is 0 Å². The maximum absolute atomic E-state index is 4.33. The van der Waals surface area contributed by atoms with Gasteiger partial charge in [0.25, 0.3) is 0 Å². The zero-order chi connectivity index (χ0) is 13.1. The lowest BCUT2D eigenvalue weighted by atomic mass is 10.2. The van der Waals surface area contributed by atoms with Crippen LogP contribution in [0.15, 0.2) is 18.5 Å². The van der Waals surface area contributed by atoms with Crippen LogP contribution in [0.1, 0.15) is 36.8 Å². The Hall–Kier alpha value is -1.33. The Labute approximate surface area is 120 Å². The first-order valence-corrected chi connectivity index (χ1v) is 6.30. The van der Waals surface area contributed by atoms with E-state index in [9.17, 15) is 0 Å². The summed E-state index contributed by atoms with van der Waals surface area (Å²) in [5.41, 5.74) is 3.54. The maximum atomic E-state index is 4.33. The smallest absolute Gasteiger partial charge is 0.0638 e. The molecule has 106 valence electrons. The van der Waals surface area contributed by atoms with Crippen molar-refractivity contribution in [3.8, 4) is 0 Å². The highest BCUT2D eigenvalue weighted by atomic mass is 35.5. The van der Waals surface area contributed by atoms with E-state index in [0.717, 1.165) is 18.8 Å². The number of aromatic nitrogens is 4. The second-order valence-electron chi connectivity index (χ2n) is 4.88. The van der Waals surface area contributed by atoms with Gasteiger partial charge < -0.3 is 5.32 Å². The van der Waals surface area contributed by atoms with Crippen LogP contribution in [0.3, 0.4) is 0 Å². The predicted octanol–water partition coefficient (Wildman–Crippen LogP) is 2.22. The van der Waals surface area contributed by atoms with Gasteiger partial charge in [-0.3, -0.25) is 9.36 Å². The standard InChI is InChI=1S/C13H21N5.ClH/c1-10(2)18-13(5-6-15-18)8-14-7-12-9-17(4)16-11(12)3;/h5-6,9-10,14H,7-8H2,1-4H3;1H. The Morgan fingerprint density at radius 1 is 1.32 bits per heavy atom. The van der Waals surface area contributed by atoms with Crippen LogP contribution >= 0.6 is 12.4 Å².